The van der Waals surface area contributed by atoms with E-state index < -0.39 is 0 Å². The molecule has 1 heterocycles. The Morgan fingerprint density at radius 1 is 1.33 bits per heavy atom. The van der Waals surface area contributed by atoms with Gasteiger partial charge in [-0.2, -0.15) is 0 Å². The zero-order valence-electron chi connectivity index (χ0n) is 9.79. The summed E-state index contributed by atoms with van der Waals surface area (Å²) in [6.07, 6.45) is 2.16. The van der Waals surface area contributed by atoms with E-state index in [-0.39, 0.29) is 5.43 Å². The lowest BCUT2D eigenvalue weighted by Crippen LogP contribution is -2.24. The Morgan fingerprint density at radius 3 is 2.27 bits per heavy atom. The molecule has 1 aromatic rings. The number of aryl methyl sites for hydroxylation is 2. The van der Waals surface area contributed by atoms with Crippen LogP contribution in [0.25, 0.3) is 0 Å². The van der Waals surface area contributed by atoms with Gasteiger partial charge >= 0.3 is 0 Å². The molecule has 1 unspecified atom stereocenters. The van der Waals surface area contributed by atoms with Crippen molar-refractivity contribution in [3.05, 3.63) is 33.7 Å². The van der Waals surface area contributed by atoms with Crippen molar-refractivity contribution in [3.8, 4) is 0 Å². The Bertz CT molecular complexity index is 355. The van der Waals surface area contributed by atoms with Gasteiger partial charge in [-0.25, -0.2) is 0 Å². The summed E-state index contributed by atoms with van der Waals surface area (Å²) in [7, 11) is 0. The van der Waals surface area contributed by atoms with Gasteiger partial charge in [-0.3, -0.25) is 4.79 Å². The Labute approximate surface area is 90.9 Å². The molecular weight excluding hydrogens is 188 g/mol. The maximum absolute atomic E-state index is 11.3. The Kier molecular flexibility index (Phi) is 4.09. The summed E-state index contributed by atoms with van der Waals surface area (Å²) >= 11 is 0. The summed E-state index contributed by atoms with van der Waals surface area (Å²) in [4.78, 5) is 11.3. The molecule has 3 heteroatoms. The summed E-state index contributed by atoms with van der Waals surface area (Å²) in [6.45, 7) is 6.70. The van der Waals surface area contributed by atoms with Crippen molar-refractivity contribution < 1.29 is 0 Å². The second kappa shape index (κ2) is 5.12. The molecule has 3 nitrogen and oxygen atoms in total. The second-order valence-corrected chi connectivity index (χ2v) is 4.02. The summed E-state index contributed by atoms with van der Waals surface area (Å²) in [5, 5.41) is 0. The number of hydrogen-bond donors (Lipinski definition) is 1. The van der Waals surface area contributed by atoms with E-state index in [0.717, 1.165) is 24.2 Å². The molecule has 0 aliphatic rings. The van der Waals surface area contributed by atoms with Gasteiger partial charge in [0.2, 0.25) is 0 Å². The topological polar surface area (TPSA) is 48.0 Å². The fraction of sp³-hybridized carbons (Fsp3) is 0.583. The molecule has 0 amide bonds. The normalized spacial score (nSPS) is 12.8. The standard InChI is InChI=1S/C12H20N2O/c1-4-5-11(8-13)14-9(2)6-12(15)7-10(14)3/h6-7,11H,4-5,8,13H2,1-3H3. The molecule has 0 saturated carbocycles. The monoisotopic (exact) mass is 208 g/mol. The zero-order chi connectivity index (χ0) is 11.4. The van der Waals surface area contributed by atoms with Gasteiger partial charge in [0.25, 0.3) is 0 Å². The van der Waals surface area contributed by atoms with Crippen LogP contribution in [0.4, 0.5) is 0 Å². The highest BCUT2D eigenvalue weighted by Crippen LogP contribution is 2.16. The van der Waals surface area contributed by atoms with E-state index in [2.05, 4.69) is 11.5 Å². The van der Waals surface area contributed by atoms with Crippen molar-refractivity contribution in [2.75, 3.05) is 6.54 Å². The van der Waals surface area contributed by atoms with E-state index in [1.165, 1.54) is 0 Å². The fourth-order valence-corrected chi connectivity index (χ4v) is 2.13. The lowest BCUT2D eigenvalue weighted by molar-refractivity contribution is 0.450. The summed E-state index contributed by atoms with van der Waals surface area (Å²) in [5.74, 6) is 0. The van der Waals surface area contributed by atoms with Gasteiger partial charge in [0.05, 0.1) is 0 Å². The van der Waals surface area contributed by atoms with Crippen LogP contribution in [0, 0.1) is 13.8 Å². The third kappa shape index (κ3) is 2.69. The first-order chi connectivity index (χ1) is 7.10. The van der Waals surface area contributed by atoms with E-state index in [4.69, 9.17) is 5.73 Å². The van der Waals surface area contributed by atoms with Crippen LogP contribution >= 0.6 is 0 Å². The van der Waals surface area contributed by atoms with Crippen molar-refractivity contribution in [2.24, 2.45) is 5.73 Å². The molecule has 0 spiro atoms. The van der Waals surface area contributed by atoms with Gasteiger partial charge in [0.15, 0.2) is 5.43 Å². The molecule has 0 bridgehead atoms. The first-order valence-electron chi connectivity index (χ1n) is 5.50. The minimum atomic E-state index is 0.0773. The highest BCUT2D eigenvalue weighted by Gasteiger charge is 2.11. The summed E-state index contributed by atoms with van der Waals surface area (Å²) in [5.41, 5.74) is 7.85. The van der Waals surface area contributed by atoms with Crippen LogP contribution in [0.3, 0.4) is 0 Å². The van der Waals surface area contributed by atoms with Crippen LogP contribution in [0.15, 0.2) is 16.9 Å². The number of nitrogens with two attached hydrogens (primary N) is 1. The van der Waals surface area contributed by atoms with Gasteiger partial charge in [0, 0.05) is 36.1 Å². The first-order valence-corrected chi connectivity index (χ1v) is 5.50. The molecule has 0 fully saturated rings. The molecule has 0 saturated heterocycles. The predicted molar refractivity (Wildman–Crippen MR) is 63.2 cm³/mol. The molecule has 1 aromatic heterocycles. The minimum Gasteiger partial charge on any atom is -0.345 e. The molecule has 1 rings (SSSR count). The lowest BCUT2D eigenvalue weighted by Gasteiger charge is -2.23. The van der Waals surface area contributed by atoms with Crippen LogP contribution in [0.2, 0.25) is 0 Å². The number of rotatable bonds is 4. The molecule has 0 aromatic carbocycles. The molecule has 0 radical (unpaired) electrons. The number of hydrogen-bond acceptors (Lipinski definition) is 2. The van der Waals surface area contributed by atoms with E-state index >= 15 is 0 Å². The van der Waals surface area contributed by atoms with Crippen molar-refractivity contribution >= 4 is 0 Å². The number of pyridine rings is 1. The smallest absolute Gasteiger partial charge is 0.182 e. The third-order valence-corrected chi connectivity index (χ3v) is 2.72. The van der Waals surface area contributed by atoms with Crippen molar-refractivity contribution in [3.63, 3.8) is 0 Å². The molecule has 84 valence electrons. The Balaban J connectivity index is 3.16. The summed E-state index contributed by atoms with van der Waals surface area (Å²) < 4.78 is 2.17. The SMILES string of the molecule is CCCC(CN)n1c(C)cc(=O)cc1C. The van der Waals surface area contributed by atoms with Gasteiger partial charge in [-0.15, -0.1) is 0 Å². The Hall–Kier alpha value is -1.09. The van der Waals surface area contributed by atoms with Crippen LogP contribution < -0.4 is 11.2 Å². The van der Waals surface area contributed by atoms with Crippen LogP contribution in [0.5, 0.6) is 0 Å². The number of aromatic nitrogens is 1. The largest absolute Gasteiger partial charge is 0.345 e. The predicted octanol–water partition coefficient (Wildman–Crippen LogP) is 1.77. The van der Waals surface area contributed by atoms with Crippen molar-refractivity contribution in [1.29, 1.82) is 0 Å². The van der Waals surface area contributed by atoms with Gasteiger partial charge < -0.3 is 10.3 Å². The molecule has 0 aliphatic heterocycles. The molecular formula is C12H20N2O. The van der Waals surface area contributed by atoms with E-state index in [1.807, 2.05) is 13.8 Å². The van der Waals surface area contributed by atoms with Crippen LogP contribution in [0.1, 0.15) is 37.2 Å². The Morgan fingerprint density at radius 2 is 1.87 bits per heavy atom. The minimum absolute atomic E-state index is 0.0773. The lowest BCUT2D eigenvalue weighted by atomic mass is 10.1. The van der Waals surface area contributed by atoms with Gasteiger partial charge in [-0.05, 0) is 20.3 Å². The maximum Gasteiger partial charge on any atom is 0.182 e. The summed E-state index contributed by atoms with van der Waals surface area (Å²) in [6, 6.07) is 3.66. The number of nitrogens with zero attached hydrogens (tertiary/aromatic N) is 1. The molecule has 0 aliphatic carbocycles. The zero-order valence-corrected chi connectivity index (χ0v) is 9.79. The third-order valence-electron chi connectivity index (χ3n) is 2.72. The molecule has 1 atom stereocenters. The maximum atomic E-state index is 11.3. The highest BCUT2D eigenvalue weighted by atomic mass is 16.1. The van der Waals surface area contributed by atoms with E-state index in [0.29, 0.717) is 12.6 Å². The van der Waals surface area contributed by atoms with Crippen LogP contribution in [-0.2, 0) is 0 Å². The molecule has 15 heavy (non-hydrogen) atoms. The molecule has 2 N–H and O–H groups in total. The first kappa shape index (κ1) is 12.0. The van der Waals surface area contributed by atoms with Gasteiger partial charge in [0.1, 0.15) is 0 Å². The van der Waals surface area contributed by atoms with Crippen molar-refractivity contribution in [1.82, 2.24) is 4.57 Å². The second-order valence-electron chi connectivity index (χ2n) is 4.02. The van der Waals surface area contributed by atoms with E-state index in [1.54, 1.807) is 12.1 Å². The van der Waals surface area contributed by atoms with E-state index in [9.17, 15) is 4.79 Å². The fourth-order valence-electron chi connectivity index (χ4n) is 2.13. The van der Waals surface area contributed by atoms with Crippen molar-refractivity contribution in [2.45, 2.75) is 39.7 Å². The average molecular weight is 208 g/mol. The van der Waals surface area contributed by atoms with Crippen LogP contribution in [-0.4, -0.2) is 11.1 Å². The van der Waals surface area contributed by atoms with Gasteiger partial charge in [-0.1, -0.05) is 13.3 Å². The highest BCUT2D eigenvalue weighted by molar-refractivity contribution is 5.13. The quantitative estimate of drug-likeness (QED) is 0.819. The average Bonchev–Trinajstić information content (AvgIpc) is 2.14.